The van der Waals surface area contributed by atoms with Crippen molar-refractivity contribution < 1.29 is 8.42 Å². The molecule has 2 atom stereocenters. The number of rotatable bonds is 6. The summed E-state index contributed by atoms with van der Waals surface area (Å²) in [5.74, 6) is 1.21. The molecule has 0 spiro atoms. The summed E-state index contributed by atoms with van der Waals surface area (Å²) < 4.78 is 27.3. The number of hydrogen-bond donors (Lipinski definition) is 2. The molecule has 1 fully saturated rings. The summed E-state index contributed by atoms with van der Waals surface area (Å²) in [4.78, 5) is 1.44. The molecule has 1 aromatic heterocycles. The van der Waals surface area contributed by atoms with Gasteiger partial charge < -0.3 is 5.32 Å². The second-order valence-electron chi connectivity index (χ2n) is 5.77. The van der Waals surface area contributed by atoms with Gasteiger partial charge in [0.1, 0.15) is 0 Å². The summed E-state index contributed by atoms with van der Waals surface area (Å²) in [6, 6.07) is 1.76. The standard InChI is InChI=1S/C14H24N2O2S2/c1-11-4-3-5-12(6-11)8-16-20(17,18)14-7-13(9-15-2)19-10-14/h7,10-12,15-16H,3-6,8-9H2,1-2H3. The minimum absolute atomic E-state index is 0.400. The van der Waals surface area contributed by atoms with Gasteiger partial charge in [-0.2, -0.15) is 0 Å². The number of nitrogens with one attached hydrogen (secondary N) is 2. The molecule has 2 unspecified atom stereocenters. The Kier molecular flexibility index (Phi) is 5.60. The van der Waals surface area contributed by atoms with Gasteiger partial charge in [0.15, 0.2) is 0 Å². The number of thiophene rings is 1. The van der Waals surface area contributed by atoms with Crippen molar-refractivity contribution in [2.45, 2.75) is 44.0 Å². The molecule has 6 heteroatoms. The van der Waals surface area contributed by atoms with E-state index in [2.05, 4.69) is 17.0 Å². The van der Waals surface area contributed by atoms with E-state index in [1.165, 1.54) is 24.2 Å². The van der Waals surface area contributed by atoms with Gasteiger partial charge in [0.2, 0.25) is 10.0 Å². The van der Waals surface area contributed by atoms with Crippen LogP contribution in [-0.2, 0) is 16.6 Å². The van der Waals surface area contributed by atoms with E-state index in [1.807, 2.05) is 7.05 Å². The maximum atomic E-state index is 12.2. The van der Waals surface area contributed by atoms with E-state index in [1.54, 1.807) is 11.4 Å². The van der Waals surface area contributed by atoms with Crippen LogP contribution in [0.2, 0.25) is 0 Å². The fourth-order valence-corrected chi connectivity index (χ4v) is 5.23. The van der Waals surface area contributed by atoms with Gasteiger partial charge in [0, 0.05) is 23.3 Å². The second kappa shape index (κ2) is 7.02. The highest BCUT2D eigenvalue weighted by Crippen LogP contribution is 2.28. The summed E-state index contributed by atoms with van der Waals surface area (Å²) in [7, 11) is -1.48. The molecule has 1 heterocycles. The van der Waals surface area contributed by atoms with Crippen molar-refractivity contribution in [3.05, 3.63) is 16.3 Å². The zero-order valence-corrected chi connectivity index (χ0v) is 13.8. The Morgan fingerprint density at radius 1 is 1.40 bits per heavy atom. The Labute approximate surface area is 126 Å². The van der Waals surface area contributed by atoms with Gasteiger partial charge in [-0.05, 0) is 37.8 Å². The molecule has 0 bridgehead atoms. The Balaban J connectivity index is 1.92. The highest BCUT2D eigenvalue weighted by atomic mass is 32.2. The first-order chi connectivity index (χ1) is 9.51. The van der Waals surface area contributed by atoms with Crippen molar-refractivity contribution in [3.8, 4) is 0 Å². The van der Waals surface area contributed by atoms with E-state index in [0.29, 0.717) is 23.9 Å². The number of sulfonamides is 1. The quantitative estimate of drug-likeness (QED) is 0.848. The highest BCUT2D eigenvalue weighted by molar-refractivity contribution is 7.89. The second-order valence-corrected chi connectivity index (χ2v) is 8.53. The molecule has 0 amide bonds. The SMILES string of the molecule is CNCc1cc(S(=O)(=O)NCC2CCCC(C)C2)cs1. The van der Waals surface area contributed by atoms with Crippen LogP contribution < -0.4 is 10.0 Å². The predicted molar refractivity (Wildman–Crippen MR) is 83.4 cm³/mol. The van der Waals surface area contributed by atoms with Crippen molar-refractivity contribution in [1.29, 1.82) is 0 Å². The molecule has 4 nitrogen and oxygen atoms in total. The average Bonchev–Trinajstić information content (AvgIpc) is 2.87. The van der Waals surface area contributed by atoms with Gasteiger partial charge in [-0.1, -0.05) is 19.8 Å². The van der Waals surface area contributed by atoms with Crippen LogP contribution in [0.5, 0.6) is 0 Å². The third kappa shape index (κ3) is 4.28. The molecular formula is C14H24N2O2S2. The van der Waals surface area contributed by atoms with E-state index in [-0.39, 0.29) is 0 Å². The fraction of sp³-hybridized carbons (Fsp3) is 0.714. The topological polar surface area (TPSA) is 58.2 Å². The molecule has 0 saturated heterocycles. The van der Waals surface area contributed by atoms with Crippen molar-refractivity contribution in [3.63, 3.8) is 0 Å². The maximum Gasteiger partial charge on any atom is 0.241 e. The molecule has 1 aliphatic carbocycles. The van der Waals surface area contributed by atoms with Crippen LogP contribution in [0.15, 0.2) is 16.3 Å². The largest absolute Gasteiger partial charge is 0.315 e. The van der Waals surface area contributed by atoms with Gasteiger partial charge in [0.05, 0.1) is 4.90 Å². The minimum atomic E-state index is -3.34. The molecule has 1 aromatic rings. The van der Waals surface area contributed by atoms with Gasteiger partial charge in [-0.25, -0.2) is 13.1 Å². The zero-order valence-electron chi connectivity index (χ0n) is 12.2. The van der Waals surface area contributed by atoms with E-state index in [4.69, 9.17) is 0 Å². The lowest BCUT2D eigenvalue weighted by molar-refractivity contribution is 0.283. The summed E-state index contributed by atoms with van der Waals surface area (Å²) in [5, 5.41) is 4.75. The van der Waals surface area contributed by atoms with Crippen LogP contribution in [-0.4, -0.2) is 22.0 Å². The molecule has 20 heavy (non-hydrogen) atoms. The van der Waals surface area contributed by atoms with Crippen LogP contribution in [0.4, 0.5) is 0 Å². The van der Waals surface area contributed by atoms with Crippen molar-refractivity contribution in [2.75, 3.05) is 13.6 Å². The lowest BCUT2D eigenvalue weighted by Gasteiger charge is -2.26. The third-order valence-electron chi connectivity index (χ3n) is 3.90. The van der Waals surface area contributed by atoms with Crippen molar-refractivity contribution in [2.24, 2.45) is 11.8 Å². The molecule has 2 rings (SSSR count). The van der Waals surface area contributed by atoms with E-state index >= 15 is 0 Å². The monoisotopic (exact) mass is 316 g/mol. The lowest BCUT2D eigenvalue weighted by atomic mass is 9.83. The molecule has 0 aliphatic heterocycles. The van der Waals surface area contributed by atoms with Gasteiger partial charge in [0.25, 0.3) is 0 Å². The first-order valence-electron chi connectivity index (χ1n) is 7.23. The molecular weight excluding hydrogens is 292 g/mol. The van der Waals surface area contributed by atoms with Crippen molar-refractivity contribution in [1.82, 2.24) is 10.0 Å². The first-order valence-corrected chi connectivity index (χ1v) is 9.59. The Bertz CT molecular complexity index is 525. The fourth-order valence-electron chi connectivity index (χ4n) is 2.82. The first kappa shape index (κ1) is 15.9. The smallest absolute Gasteiger partial charge is 0.241 e. The molecule has 114 valence electrons. The Morgan fingerprint density at radius 3 is 2.90 bits per heavy atom. The van der Waals surface area contributed by atoms with Crippen LogP contribution in [0.25, 0.3) is 0 Å². The highest BCUT2D eigenvalue weighted by Gasteiger charge is 2.22. The van der Waals surface area contributed by atoms with E-state index in [9.17, 15) is 8.42 Å². The van der Waals surface area contributed by atoms with Gasteiger partial charge in [-0.15, -0.1) is 11.3 Å². The van der Waals surface area contributed by atoms with Crippen LogP contribution in [0, 0.1) is 11.8 Å². The van der Waals surface area contributed by atoms with E-state index < -0.39 is 10.0 Å². The van der Waals surface area contributed by atoms with Gasteiger partial charge in [-0.3, -0.25) is 0 Å². The summed E-state index contributed by atoms with van der Waals surface area (Å²) in [6.07, 6.45) is 4.78. The third-order valence-corrected chi connectivity index (χ3v) is 6.39. The molecule has 0 aromatic carbocycles. The van der Waals surface area contributed by atoms with Crippen molar-refractivity contribution >= 4 is 21.4 Å². The molecule has 0 radical (unpaired) electrons. The number of hydrogen-bond acceptors (Lipinski definition) is 4. The Morgan fingerprint density at radius 2 is 2.20 bits per heavy atom. The van der Waals surface area contributed by atoms with E-state index in [0.717, 1.165) is 23.6 Å². The normalized spacial score (nSPS) is 23.9. The summed E-state index contributed by atoms with van der Waals surface area (Å²) >= 11 is 1.48. The zero-order chi connectivity index (χ0) is 14.6. The molecule has 1 aliphatic rings. The maximum absolute atomic E-state index is 12.2. The lowest BCUT2D eigenvalue weighted by Crippen LogP contribution is -2.31. The molecule has 1 saturated carbocycles. The summed E-state index contributed by atoms with van der Waals surface area (Å²) in [5.41, 5.74) is 0. The van der Waals surface area contributed by atoms with Crippen LogP contribution >= 0.6 is 11.3 Å². The molecule has 2 N–H and O–H groups in total. The van der Waals surface area contributed by atoms with Crippen LogP contribution in [0.3, 0.4) is 0 Å². The predicted octanol–water partition coefficient (Wildman–Crippen LogP) is 2.57. The minimum Gasteiger partial charge on any atom is -0.315 e. The summed E-state index contributed by atoms with van der Waals surface area (Å²) in [6.45, 7) is 3.54. The Hall–Kier alpha value is -0.430. The van der Waals surface area contributed by atoms with Crippen LogP contribution in [0.1, 0.15) is 37.5 Å². The average molecular weight is 316 g/mol. The van der Waals surface area contributed by atoms with Gasteiger partial charge >= 0.3 is 0 Å².